The molecule has 0 radical (unpaired) electrons. The van der Waals surface area contributed by atoms with Crippen molar-refractivity contribution in [1.29, 1.82) is 0 Å². The zero-order valence-corrected chi connectivity index (χ0v) is 21.2. The van der Waals surface area contributed by atoms with E-state index in [1.165, 1.54) is 16.3 Å². The number of amides is 2. The number of nitrogens with zero attached hydrogens (tertiary/aromatic N) is 4. The molecule has 0 saturated heterocycles. The summed E-state index contributed by atoms with van der Waals surface area (Å²) in [6, 6.07) is 8.54. The molecule has 1 atom stereocenters. The van der Waals surface area contributed by atoms with Crippen LogP contribution in [0.4, 0.5) is 10.5 Å². The van der Waals surface area contributed by atoms with Crippen molar-refractivity contribution in [2.24, 2.45) is 0 Å². The molecule has 1 unspecified atom stereocenters. The van der Waals surface area contributed by atoms with Gasteiger partial charge in [0.25, 0.3) is 10.0 Å². The Bertz CT molecular complexity index is 1560. The largest absolute Gasteiger partial charge is 0.380 e. The van der Waals surface area contributed by atoms with E-state index in [0.29, 0.717) is 12.2 Å². The number of nitrogens with one attached hydrogen (secondary N) is 2. The van der Waals surface area contributed by atoms with Crippen LogP contribution < -0.4 is 10.0 Å². The molecule has 3 heterocycles. The molecule has 11 heteroatoms. The van der Waals surface area contributed by atoms with Gasteiger partial charge in [0.05, 0.1) is 23.9 Å². The van der Waals surface area contributed by atoms with Crippen LogP contribution in [0.3, 0.4) is 0 Å². The number of hydrogen-bond acceptors (Lipinski definition) is 6. The van der Waals surface area contributed by atoms with Gasteiger partial charge in [0.2, 0.25) is 0 Å². The number of fused-ring (bicyclic) bond motifs is 2. The number of anilines is 1. The molecule has 4 aromatic rings. The zero-order chi connectivity index (χ0) is 25.4. The molecule has 3 aromatic heterocycles. The van der Waals surface area contributed by atoms with Gasteiger partial charge in [-0.3, -0.25) is 4.68 Å². The molecule has 1 aliphatic rings. The lowest BCUT2D eigenvalue weighted by atomic mass is 9.93. The molecule has 1 aliphatic carbocycles. The fourth-order valence-corrected chi connectivity index (χ4v) is 5.57. The Morgan fingerprint density at radius 3 is 2.83 bits per heavy atom. The van der Waals surface area contributed by atoms with Crippen molar-refractivity contribution in [1.82, 2.24) is 24.1 Å². The normalized spacial score (nSPS) is 14.1. The zero-order valence-electron chi connectivity index (χ0n) is 20.4. The Labute approximate surface area is 209 Å². The Hall–Kier alpha value is -3.70. The quantitative estimate of drug-likeness (QED) is 0.394. The fraction of sp³-hybridized carbons (Fsp3) is 0.320. The number of aromatic nitrogens is 4. The maximum Gasteiger partial charge on any atom is 0.333 e. The number of rotatable bonds is 7. The minimum Gasteiger partial charge on any atom is -0.380 e. The van der Waals surface area contributed by atoms with Crippen molar-refractivity contribution >= 4 is 27.3 Å². The molecule has 0 bridgehead atoms. The first kappa shape index (κ1) is 24.0. The van der Waals surface area contributed by atoms with Gasteiger partial charge in [0.15, 0.2) is 5.03 Å². The number of methoxy groups -OCH3 is 1. The van der Waals surface area contributed by atoms with Gasteiger partial charge in [0, 0.05) is 31.3 Å². The summed E-state index contributed by atoms with van der Waals surface area (Å²) in [7, 11) is -2.60. The van der Waals surface area contributed by atoms with Crippen molar-refractivity contribution in [3.8, 4) is 11.1 Å². The molecule has 0 fully saturated rings. The standard InChI is InChI=1S/C25H28N6O4S/c1-16-13-18-5-4-6-21(18)24(23(16)19-8-12-31-20(14-19)7-10-26-31)27-25(32)29-36(33,34)22-9-11-30(28-22)15-17(2)35-3/h7-14,17H,4-6,15H2,1-3H3,(H2,27,29,32). The SMILES string of the molecule is COC(C)Cn1ccc(S(=O)(=O)NC(=O)Nc2c3c(cc(C)c2-c2ccn4nccc4c2)CCC3)n1. The predicted octanol–water partition coefficient (Wildman–Crippen LogP) is 3.54. The molecule has 1 aromatic carbocycles. The monoisotopic (exact) mass is 508 g/mol. The number of hydrogen-bond donors (Lipinski definition) is 2. The van der Waals surface area contributed by atoms with E-state index in [9.17, 15) is 13.2 Å². The van der Waals surface area contributed by atoms with Gasteiger partial charge in [-0.05, 0) is 79.6 Å². The van der Waals surface area contributed by atoms with E-state index in [1.807, 2.05) is 38.2 Å². The van der Waals surface area contributed by atoms with Gasteiger partial charge in [-0.25, -0.2) is 14.0 Å². The second-order valence-electron chi connectivity index (χ2n) is 9.03. The molecule has 2 N–H and O–H groups in total. The first-order valence-corrected chi connectivity index (χ1v) is 13.2. The highest BCUT2D eigenvalue weighted by molar-refractivity contribution is 7.90. The highest BCUT2D eigenvalue weighted by Gasteiger charge is 2.26. The van der Waals surface area contributed by atoms with Crippen molar-refractivity contribution in [2.45, 2.75) is 50.8 Å². The van der Waals surface area contributed by atoms with Gasteiger partial charge in [-0.1, -0.05) is 6.07 Å². The molecule has 0 spiro atoms. The molecule has 0 aliphatic heterocycles. The Kier molecular flexibility index (Phi) is 6.27. The topological polar surface area (TPSA) is 120 Å². The summed E-state index contributed by atoms with van der Waals surface area (Å²) in [5.74, 6) is 0. The number of carbonyl (C=O) groups excluding carboxylic acids is 1. The molecule has 2 amide bonds. The van der Waals surface area contributed by atoms with Crippen LogP contribution in [-0.4, -0.2) is 47.1 Å². The van der Waals surface area contributed by atoms with Crippen LogP contribution in [0.25, 0.3) is 16.6 Å². The second-order valence-corrected chi connectivity index (χ2v) is 10.7. The van der Waals surface area contributed by atoms with Crippen LogP contribution >= 0.6 is 0 Å². The van der Waals surface area contributed by atoms with E-state index >= 15 is 0 Å². The number of benzene rings is 1. The molecule has 0 saturated carbocycles. The van der Waals surface area contributed by atoms with Crippen molar-refractivity contribution in [2.75, 3.05) is 12.4 Å². The van der Waals surface area contributed by atoms with Crippen LogP contribution in [0, 0.1) is 6.92 Å². The average Bonchev–Trinajstić information content (AvgIpc) is 3.59. The number of aryl methyl sites for hydroxylation is 2. The highest BCUT2D eigenvalue weighted by Crippen LogP contribution is 2.40. The van der Waals surface area contributed by atoms with Crippen molar-refractivity contribution in [3.63, 3.8) is 0 Å². The van der Waals surface area contributed by atoms with E-state index < -0.39 is 16.1 Å². The van der Waals surface area contributed by atoms with Crippen LogP contribution in [0.2, 0.25) is 0 Å². The Morgan fingerprint density at radius 2 is 2.03 bits per heavy atom. The Morgan fingerprint density at radius 1 is 1.19 bits per heavy atom. The van der Waals surface area contributed by atoms with Crippen LogP contribution in [-0.2, 0) is 34.1 Å². The van der Waals surface area contributed by atoms with Gasteiger partial charge >= 0.3 is 6.03 Å². The van der Waals surface area contributed by atoms with E-state index in [4.69, 9.17) is 4.74 Å². The molecular formula is C25H28N6O4S. The van der Waals surface area contributed by atoms with Gasteiger partial charge in [-0.2, -0.15) is 18.6 Å². The minimum atomic E-state index is -4.17. The minimum absolute atomic E-state index is 0.139. The lowest BCUT2D eigenvalue weighted by Crippen LogP contribution is -2.35. The molecule has 5 rings (SSSR count). The summed E-state index contributed by atoms with van der Waals surface area (Å²) in [6.07, 6.45) is 7.70. The Balaban J connectivity index is 1.45. The second kappa shape index (κ2) is 9.40. The molecular weight excluding hydrogens is 480 g/mol. The summed E-state index contributed by atoms with van der Waals surface area (Å²) < 4.78 is 36.3. The molecule has 188 valence electrons. The lowest BCUT2D eigenvalue weighted by molar-refractivity contribution is 0.0995. The third-order valence-electron chi connectivity index (χ3n) is 6.49. The number of sulfonamides is 1. The van der Waals surface area contributed by atoms with E-state index in [2.05, 4.69) is 26.3 Å². The van der Waals surface area contributed by atoms with Gasteiger partial charge in [0.1, 0.15) is 0 Å². The summed E-state index contributed by atoms with van der Waals surface area (Å²) in [5, 5.41) is 11.0. The third kappa shape index (κ3) is 4.59. The maximum absolute atomic E-state index is 13.0. The number of pyridine rings is 1. The fourth-order valence-electron chi connectivity index (χ4n) is 4.72. The smallest absolute Gasteiger partial charge is 0.333 e. The number of carbonyl (C=O) groups is 1. The third-order valence-corrected chi connectivity index (χ3v) is 7.71. The first-order chi connectivity index (χ1) is 17.2. The maximum atomic E-state index is 13.0. The van der Waals surface area contributed by atoms with Gasteiger partial charge < -0.3 is 10.1 Å². The van der Waals surface area contributed by atoms with E-state index in [0.717, 1.165) is 47.0 Å². The van der Waals surface area contributed by atoms with Crippen LogP contribution in [0.15, 0.2) is 53.9 Å². The highest BCUT2D eigenvalue weighted by atomic mass is 32.2. The van der Waals surface area contributed by atoms with Crippen molar-refractivity contribution in [3.05, 3.63) is 65.6 Å². The van der Waals surface area contributed by atoms with E-state index in [-0.39, 0.29) is 11.1 Å². The van der Waals surface area contributed by atoms with Crippen LogP contribution in [0.1, 0.15) is 30.0 Å². The van der Waals surface area contributed by atoms with Crippen LogP contribution in [0.5, 0.6) is 0 Å². The lowest BCUT2D eigenvalue weighted by Gasteiger charge is -2.19. The van der Waals surface area contributed by atoms with Crippen molar-refractivity contribution < 1.29 is 17.9 Å². The number of ether oxygens (including phenoxy) is 1. The molecule has 36 heavy (non-hydrogen) atoms. The molecule has 10 nitrogen and oxygen atoms in total. The summed E-state index contributed by atoms with van der Waals surface area (Å²) in [5.41, 5.74) is 6.55. The summed E-state index contributed by atoms with van der Waals surface area (Å²) >= 11 is 0. The summed E-state index contributed by atoms with van der Waals surface area (Å²) in [4.78, 5) is 13.0. The number of urea groups is 1. The first-order valence-electron chi connectivity index (χ1n) is 11.7. The summed E-state index contributed by atoms with van der Waals surface area (Å²) in [6.45, 7) is 4.24. The van der Waals surface area contributed by atoms with Gasteiger partial charge in [-0.15, -0.1) is 0 Å². The predicted molar refractivity (Wildman–Crippen MR) is 135 cm³/mol. The average molecular weight is 509 g/mol. The van der Waals surface area contributed by atoms with E-state index in [1.54, 1.807) is 24.0 Å².